The zero-order valence-corrected chi connectivity index (χ0v) is 12.0. The van der Waals surface area contributed by atoms with Crippen molar-refractivity contribution < 1.29 is 9.90 Å². The monoisotopic (exact) mass is 263 g/mol. The summed E-state index contributed by atoms with van der Waals surface area (Å²) in [6.07, 6.45) is 2.37. The van der Waals surface area contributed by atoms with Crippen LogP contribution in [0.15, 0.2) is 30.3 Å². The first-order chi connectivity index (χ1) is 9.17. The summed E-state index contributed by atoms with van der Waals surface area (Å²) >= 11 is 0. The number of rotatable bonds is 9. The molecule has 0 bridgehead atoms. The van der Waals surface area contributed by atoms with Gasteiger partial charge in [0, 0.05) is 19.1 Å². The molecule has 0 aliphatic rings. The number of nitrogens with zero attached hydrogens (tertiary/aromatic N) is 1. The van der Waals surface area contributed by atoms with Crippen molar-refractivity contribution in [2.45, 2.75) is 32.7 Å². The molecule has 1 unspecified atom stereocenters. The van der Waals surface area contributed by atoms with Crippen molar-refractivity contribution in [3.63, 3.8) is 0 Å². The highest BCUT2D eigenvalue weighted by Gasteiger charge is 2.17. The molecule has 19 heavy (non-hydrogen) atoms. The van der Waals surface area contributed by atoms with Gasteiger partial charge < -0.3 is 5.11 Å². The lowest BCUT2D eigenvalue weighted by molar-refractivity contribution is -0.124. The van der Waals surface area contributed by atoms with Crippen LogP contribution in [0.25, 0.3) is 0 Å². The van der Waals surface area contributed by atoms with Gasteiger partial charge in [0.2, 0.25) is 0 Å². The standard InChI is InChI=1S/C16H25NO2/c1-3-15(10-7-11-18)16(19)13-17(2)12-14-8-5-4-6-9-14/h4-6,8-9,15,18H,3,7,10-13H2,1-2H3. The molecular weight excluding hydrogens is 238 g/mol. The number of aliphatic hydroxyl groups excluding tert-OH is 1. The number of aliphatic hydroxyl groups is 1. The largest absolute Gasteiger partial charge is 0.396 e. The third-order valence-electron chi connectivity index (χ3n) is 3.38. The van der Waals surface area contributed by atoms with Crippen molar-refractivity contribution in [2.24, 2.45) is 5.92 Å². The summed E-state index contributed by atoms with van der Waals surface area (Å²) in [5, 5.41) is 8.85. The molecule has 3 heteroatoms. The normalized spacial score (nSPS) is 12.6. The summed E-state index contributed by atoms with van der Waals surface area (Å²) in [5.41, 5.74) is 1.22. The summed E-state index contributed by atoms with van der Waals surface area (Å²) in [5.74, 6) is 0.375. The highest BCUT2D eigenvalue weighted by atomic mass is 16.2. The minimum atomic E-state index is 0.0883. The molecular formula is C16H25NO2. The van der Waals surface area contributed by atoms with Crippen LogP contribution in [0.2, 0.25) is 0 Å². The number of carbonyl (C=O) groups is 1. The van der Waals surface area contributed by atoms with Crippen molar-refractivity contribution in [3.05, 3.63) is 35.9 Å². The van der Waals surface area contributed by atoms with Gasteiger partial charge in [-0.2, -0.15) is 0 Å². The molecule has 0 saturated carbocycles. The third kappa shape index (κ3) is 5.99. The Kier molecular flexibility index (Phi) is 7.38. The van der Waals surface area contributed by atoms with Crippen molar-refractivity contribution in [2.75, 3.05) is 20.2 Å². The molecule has 0 aromatic heterocycles. The lowest BCUT2D eigenvalue weighted by Crippen LogP contribution is -2.30. The Morgan fingerprint density at radius 1 is 1.32 bits per heavy atom. The van der Waals surface area contributed by atoms with Gasteiger partial charge in [-0.25, -0.2) is 0 Å². The molecule has 106 valence electrons. The molecule has 0 amide bonds. The fourth-order valence-electron chi connectivity index (χ4n) is 2.28. The Morgan fingerprint density at radius 2 is 2.00 bits per heavy atom. The van der Waals surface area contributed by atoms with Crippen molar-refractivity contribution >= 4 is 5.78 Å². The van der Waals surface area contributed by atoms with Crippen molar-refractivity contribution in [1.82, 2.24) is 4.90 Å². The predicted octanol–water partition coefficient (Wildman–Crippen LogP) is 2.49. The molecule has 0 spiro atoms. The van der Waals surface area contributed by atoms with Gasteiger partial charge in [0.05, 0.1) is 6.54 Å². The minimum Gasteiger partial charge on any atom is -0.396 e. The SMILES string of the molecule is CCC(CCCO)C(=O)CN(C)Cc1ccccc1. The average molecular weight is 263 g/mol. The second-order valence-electron chi connectivity index (χ2n) is 5.10. The molecule has 1 atom stereocenters. The van der Waals surface area contributed by atoms with E-state index in [0.29, 0.717) is 13.0 Å². The summed E-state index contributed by atoms with van der Waals surface area (Å²) in [6, 6.07) is 10.2. The Balaban J connectivity index is 2.42. The second-order valence-corrected chi connectivity index (χ2v) is 5.10. The van der Waals surface area contributed by atoms with Crippen LogP contribution in [0.1, 0.15) is 31.7 Å². The van der Waals surface area contributed by atoms with Gasteiger partial charge in [-0.3, -0.25) is 9.69 Å². The van der Waals surface area contributed by atoms with E-state index >= 15 is 0 Å². The van der Waals surface area contributed by atoms with Crippen LogP contribution in [-0.2, 0) is 11.3 Å². The van der Waals surface area contributed by atoms with E-state index in [9.17, 15) is 4.79 Å². The Labute approximate surface area is 116 Å². The molecule has 3 nitrogen and oxygen atoms in total. The van der Waals surface area contributed by atoms with Gasteiger partial charge >= 0.3 is 0 Å². The molecule has 0 fully saturated rings. The molecule has 1 aromatic carbocycles. The van der Waals surface area contributed by atoms with E-state index in [1.54, 1.807) is 0 Å². The number of ketones is 1. The lowest BCUT2D eigenvalue weighted by atomic mass is 9.95. The minimum absolute atomic E-state index is 0.0883. The van der Waals surface area contributed by atoms with Crippen LogP contribution < -0.4 is 0 Å². The summed E-state index contributed by atoms with van der Waals surface area (Å²) in [7, 11) is 1.98. The number of benzene rings is 1. The van der Waals surface area contributed by atoms with Crippen molar-refractivity contribution in [3.8, 4) is 0 Å². The van der Waals surface area contributed by atoms with Gasteiger partial charge in [0.1, 0.15) is 5.78 Å². The predicted molar refractivity (Wildman–Crippen MR) is 77.9 cm³/mol. The van der Waals surface area contributed by atoms with Gasteiger partial charge in [-0.15, -0.1) is 0 Å². The van der Waals surface area contributed by atoms with E-state index in [2.05, 4.69) is 17.0 Å². The summed E-state index contributed by atoms with van der Waals surface area (Å²) < 4.78 is 0. The van der Waals surface area contributed by atoms with E-state index in [1.165, 1.54) is 5.56 Å². The number of hydrogen-bond donors (Lipinski definition) is 1. The molecule has 0 aliphatic carbocycles. The summed E-state index contributed by atoms with van der Waals surface area (Å²) in [6.45, 7) is 3.49. The van der Waals surface area contributed by atoms with Crippen LogP contribution in [-0.4, -0.2) is 36.0 Å². The first-order valence-corrected chi connectivity index (χ1v) is 7.03. The van der Waals surface area contributed by atoms with Crippen molar-refractivity contribution in [1.29, 1.82) is 0 Å². The smallest absolute Gasteiger partial charge is 0.149 e. The molecule has 0 saturated heterocycles. The van der Waals surface area contributed by atoms with Gasteiger partial charge in [0.25, 0.3) is 0 Å². The van der Waals surface area contributed by atoms with Gasteiger partial charge in [0.15, 0.2) is 0 Å². The number of carbonyl (C=O) groups excluding carboxylic acids is 1. The highest BCUT2D eigenvalue weighted by molar-refractivity contribution is 5.82. The number of Topliss-reactive ketones (excluding diaryl/α,β-unsaturated/α-hetero) is 1. The quantitative estimate of drug-likeness (QED) is 0.744. The molecule has 0 radical (unpaired) electrons. The van der Waals surface area contributed by atoms with Crippen LogP contribution >= 0.6 is 0 Å². The molecule has 0 aliphatic heterocycles. The number of hydrogen-bond acceptors (Lipinski definition) is 3. The van der Waals surface area contributed by atoms with Gasteiger partial charge in [-0.05, 0) is 31.9 Å². The maximum Gasteiger partial charge on any atom is 0.149 e. The van der Waals surface area contributed by atoms with Crippen LogP contribution in [0.5, 0.6) is 0 Å². The fraction of sp³-hybridized carbons (Fsp3) is 0.562. The van der Waals surface area contributed by atoms with Gasteiger partial charge in [-0.1, -0.05) is 37.3 Å². The van der Waals surface area contributed by atoms with E-state index in [1.807, 2.05) is 32.2 Å². The first kappa shape index (κ1) is 15.9. The van der Waals surface area contributed by atoms with Crippen LogP contribution in [0, 0.1) is 5.92 Å². The number of likely N-dealkylation sites (N-methyl/N-ethyl adjacent to an activating group) is 1. The van der Waals surface area contributed by atoms with Crippen LogP contribution in [0.4, 0.5) is 0 Å². The summed E-state index contributed by atoms with van der Waals surface area (Å²) in [4.78, 5) is 14.2. The highest BCUT2D eigenvalue weighted by Crippen LogP contribution is 2.13. The molecule has 1 N–H and O–H groups in total. The Bertz CT molecular complexity index is 364. The molecule has 1 rings (SSSR count). The second kappa shape index (κ2) is 8.83. The van der Waals surface area contributed by atoms with Crippen LogP contribution in [0.3, 0.4) is 0 Å². The van der Waals surface area contributed by atoms with E-state index in [-0.39, 0.29) is 18.3 Å². The third-order valence-corrected chi connectivity index (χ3v) is 3.38. The zero-order valence-electron chi connectivity index (χ0n) is 12.0. The maximum absolute atomic E-state index is 12.2. The average Bonchev–Trinajstić information content (AvgIpc) is 2.40. The topological polar surface area (TPSA) is 40.5 Å². The van der Waals surface area contributed by atoms with E-state index < -0.39 is 0 Å². The molecule has 0 heterocycles. The lowest BCUT2D eigenvalue weighted by Gasteiger charge is -2.19. The Hall–Kier alpha value is -1.19. The maximum atomic E-state index is 12.2. The Morgan fingerprint density at radius 3 is 2.58 bits per heavy atom. The van der Waals surface area contributed by atoms with E-state index in [0.717, 1.165) is 19.4 Å². The fourth-order valence-corrected chi connectivity index (χ4v) is 2.28. The van der Waals surface area contributed by atoms with E-state index in [4.69, 9.17) is 5.11 Å². The zero-order chi connectivity index (χ0) is 14.1. The molecule has 1 aromatic rings. The first-order valence-electron chi connectivity index (χ1n) is 7.03.